The molecular weight excluding hydrogens is 158 g/mol. The summed E-state index contributed by atoms with van der Waals surface area (Å²) in [6.45, 7) is 11.0. The van der Waals surface area contributed by atoms with E-state index in [2.05, 4.69) is 27.8 Å². The summed E-state index contributed by atoms with van der Waals surface area (Å²) in [4.78, 5) is 0. The van der Waals surface area contributed by atoms with Crippen molar-refractivity contribution in [3.05, 3.63) is 0 Å². The Balaban J connectivity index is 3.76. The minimum absolute atomic E-state index is 1.30. The van der Waals surface area contributed by atoms with E-state index in [1.165, 1.54) is 56.2 Å². The highest BCUT2D eigenvalue weighted by Crippen LogP contribution is 2.09. The zero-order valence-electron chi connectivity index (χ0n) is 10.1. The lowest BCUT2D eigenvalue weighted by Gasteiger charge is -2.34. The van der Waals surface area contributed by atoms with Crippen molar-refractivity contribution in [3.8, 4) is 0 Å². The third-order valence-corrected chi connectivity index (χ3v) is 2.83. The molecule has 80 valence electrons. The molecule has 0 unspecified atom stereocenters. The Morgan fingerprint density at radius 1 is 0.692 bits per heavy atom. The Morgan fingerprint density at radius 3 is 1.62 bits per heavy atom. The Hall–Kier alpha value is -0.0400. The van der Waals surface area contributed by atoms with Gasteiger partial charge >= 0.3 is 0 Å². The van der Waals surface area contributed by atoms with Crippen LogP contribution in [0, 0.1) is 0 Å². The summed E-state index contributed by atoms with van der Waals surface area (Å²) in [7, 11) is 2.42. The summed E-state index contributed by atoms with van der Waals surface area (Å²) >= 11 is 0. The lowest BCUT2D eigenvalue weighted by atomic mass is 10.2. The molecule has 0 aliphatic carbocycles. The maximum Gasteiger partial charge on any atom is 0.0784 e. The maximum atomic E-state index is 2.42. The predicted molar refractivity (Wildman–Crippen MR) is 60.9 cm³/mol. The average Bonchev–Trinajstić information content (AvgIpc) is 2.05. The molecule has 0 rings (SSSR count). The van der Waals surface area contributed by atoms with Gasteiger partial charge in [0.2, 0.25) is 0 Å². The van der Waals surface area contributed by atoms with Crippen molar-refractivity contribution in [2.75, 3.05) is 26.7 Å². The van der Waals surface area contributed by atoms with Gasteiger partial charge in [-0.05, 0) is 25.7 Å². The molecule has 0 aromatic carbocycles. The largest absolute Gasteiger partial charge is 0.326 e. The summed E-state index contributed by atoms with van der Waals surface area (Å²) in [5.74, 6) is 0. The van der Waals surface area contributed by atoms with Crippen LogP contribution >= 0.6 is 0 Å². The molecule has 0 heterocycles. The fourth-order valence-corrected chi connectivity index (χ4v) is 2.16. The summed E-state index contributed by atoms with van der Waals surface area (Å²) in [5, 5.41) is 0. The minimum Gasteiger partial charge on any atom is -0.326 e. The topological polar surface area (TPSA) is 0 Å². The average molecular weight is 186 g/mol. The van der Waals surface area contributed by atoms with Gasteiger partial charge in [0, 0.05) is 0 Å². The van der Waals surface area contributed by atoms with Crippen LogP contribution in [0.3, 0.4) is 0 Å². The predicted octanol–water partition coefficient (Wildman–Crippen LogP) is 3.44. The summed E-state index contributed by atoms with van der Waals surface area (Å²) in [5.41, 5.74) is 0. The molecule has 0 aliphatic heterocycles. The minimum atomic E-state index is 1.30. The van der Waals surface area contributed by atoms with E-state index >= 15 is 0 Å². The summed E-state index contributed by atoms with van der Waals surface area (Å²) in [6.07, 6.45) is 6.80. The fourth-order valence-electron chi connectivity index (χ4n) is 2.16. The van der Waals surface area contributed by atoms with Gasteiger partial charge in [-0.15, -0.1) is 0 Å². The first kappa shape index (κ1) is 13.0. The zero-order valence-corrected chi connectivity index (χ0v) is 10.1. The van der Waals surface area contributed by atoms with Crippen LogP contribution in [0.4, 0.5) is 0 Å². The SMILES string of the molecule is CCCCC[N+](C)(CCC)CCC. The van der Waals surface area contributed by atoms with E-state index in [0.717, 1.165) is 0 Å². The Kier molecular flexibility index (Phi) is 7.35. The maximum absolute atomic E-state index is 2.42. The highest BCUT2D eigenvalue weighted by atomic mass is 15.3. The lowest BCUT2D eigenvalue weighted by molar-refractivity contribution is -0.909. The van der Waals surface area contributed by atoms with Gasteiger partial charge in [-0.3, -0.25) is 0 Å². The van der Waals surface area contributed by atoms with Crippen LogP contribution in [0.5, 0.6) is 0 Å². The molecule has 0 saturated carbocycles. The number of rotatable bonds is 8. The number of unbranched alkanes of at least 4 members (excludes halogenated alkanes) is 2. The molecule has 0 radical (unpaired) electrons. The Bertz CT molecular complexity index is 104. The second kappa shape index (κ2) is 7.37. The number of hydrogen-bond donors (Lipinski definition) is 0. The van der Waals surface area contributed by atoms with Crippen molar-refractivity contribution in [3.63, 3.8) is 0 Å². The smallest absolute Gasteiger partial charge is 0.0784 e. The fraction of sp³-hybridized carbons (Fsp3) is 1.00. The van der Waals surface area contributed by atoms with Crippen molar-refractivity contribution in [1.29, 1.82) is 0 Å². The molecule has 0 spiro atoms. The van der Waals surface area contributed by atoms with E-state index in [9.17, 15) is 0 Å². The molecule has 0 aromatic rings. The van der Waals surface area contributed by atoms with Crippen molar-refractivity contribution in [1.82, 2.24) is 0 Å². The van der Waals surface area contributed by atoms with Crippen LogP contribution in [0.2, 0.25) is 0 Å². The molecule has 0 aliphatic rings. The van der Waals surface area contributed by atoms with Gasteiger partial charge < -0.3 is 4.48 Å². The van der Waals surface area contributed by atoms with Crippen molar-refractivity contribution in [2.24, 2.45) is 0 Å². The molecule has 13 heavy (non-hydrogen) atoms. The van der Waals surface area contributed by atoms with Crippen molar-refractivity contribution >= 4 is 0 Å². The molecule has 0 bridgehead atoms. The highest BCUT2D eigenvalue weighted by Gasteiger charge is 2.17. The van der Waals surface area contributed by atoms with Gasteiger partial charge in [-0.25, -0.2) is 0 Å². The molecule has 1 nitrogen and oxygen atoms in total. The Morgan fingerprint density at radius 2 is 1.23 bits per heavy atom. The summed E-state index contributed by atoms with van der Waals surface area (Å²) < 4.78 is 1.30. The van der Waals surface area contributed by atoms with Crippen molar-refractivity contribution in [2.45, 2.75) is 52.9 Å². The molecule has 0 atom stereocenters. The van der Waals surface area contributed by atoms with Gasteiger partial charge in [0.05, 0.1) is 26.7 Å². The molecule has 1 heteroatoms. The molecule has 0 fully saturated rings. The zero-order chi connectivity index (χ0) is 10.2. The first-order valence-electron chi connectivity index (χ1n) is 6.02. The number of hydrogen-bond acceptors (Lipinski definition) is 0. The third kappa shape index (κ3) is 6.09. The highest BCUT2D eigenvalue weighted by molar-refractivity contribution is 4.42. The van der Waals surface area contributed by atoms with Crippen LogP contribution < -0.4 is 0 Å². The first-order chi connectivity index (χ1) is 6.18. The standard InChI is InChI=1S/C12H28N/c1-5-8-9-12-13(4,10-6-2)11-7-3/h5-12H2,1-4H3/q+1. The second-order valence-corrected chi connectivity index (χ2v) is 4.50. The van der Waals surface area contributed by atoms with Crippen LogP contribution in [0.1, 0.15) is 52.9 Å². The van der Waals surface area contributed by atoms with Crippen molar-refractivity contribution < 1.29 is 4.48 Å². The second-order valence-electron chi connectivity index (χ2n) is 4.50. The molecule has 0 aromatic heterocycles. The van der Waals surface area contributed by atoms with Crippen LogP contribution in [-0.2, 0) is 0 Å². The molecular formula is C12H28N+. The van der Waals surface area contributed by atoms with Gasteiger partial charge in [-0.2, -0.15) is 0 Å². The quantitative estimate of drug-likeness (QED) is 0.402. The summed E-state index contributed by atoms with van der Waals surface area (Å²) in [6, 6.07) is 0. The third-order valence-electron chi connectivity index (χ3n) is 2.83. The monoisotopic (exact) mass is 186 g/mol. The van der Waals surface area contributed by atoms with Gasteiger partial charge in [0.25, 0.3) is 0 Å². The first-order valence-corrected chi connectivity index (χ1v) is 6.02. The molecule has 0 amide bonds. The van der Waals surface area contributed by atoms with E-state index in [0.29, 0.717) is 0 Å². The lowest BCUT2D eigenvalue weighted by Crippen LogP contribution is -2.45. The van der Waals surface area contributed by atoms with Gasteiger partial charge in [0.1, 0.15) is 0 Å². The Labute approximate surface area is 84.7 Å². The van der Waals surface area contributed by atoms with E-state index in [1.807, 2.05) is 0 Å². The van der Waals surface area contributed by atoms with E-state index in [1.54, 1.807) is 0 Å². The molecule has 0 saturated heterocycles. The van der Waals surface area contributed by atoms with E-state index in [-0.39, 0.29) is 0 Å². The van der Waals surface area contributed by atoms with Crippen LogP contribution in [-0.4, -0.2) is 31.2 Å². The van der Waals surface area contributed by atoms with Crippen LogP contribution in [0.15, 0.2) is 0 Å². The van der Waals surface area contributed by atoms with Gasteiger partial charge in [-0.1, -0.05) is 27.2 Å². The van der Waals surface area contributed by atoms with Crippen LogP contribution in [0.25, 0.3) is 0 Å². The van der Waals surface area contributed by atoms with E-state index in [4.69, 9.17) is 0 Å². The number of quaternary nitrogens is 1. The number of nitrogens with zero attached hydrogens (tertiary/aromatic N) is 1. The van der Waals surface area contributed by atoms with E-state index < -0.39 is 0 Å². The van der Waals surface area contributed by atoms with Gasteiger partial charge in [0.15, 0.2) is 0 Å². The molecule has 0 N–H and O–H groups in total. The normalized spacial score (nSPS) is 12.0.